The van der Waals surface area contributed by atoms with E-state index in [2.05, 4.69) is 4.72 Å². The second kappa shape index (κ2) is 6.53. The number of hydrogen-bond donors (Lipinski definition) is 2. The van der Waals surface area contributed by atoms with Gasteiger partial charge in [-0.15, -0.1) is 0 Å². The van der Waals surface area contributed by atoms with Gasteiger partial charge < -0.3 is 9.84 Å². The van der Waals surface area contributed by atoms with E-state index in [0.29, 0.717) is 18.6 Å². The summed E-state index contributed by atoms with van der Waals surface area (Å²) in [7, 11) is -1.99. The third-order valence-electron chi connectivity index (χ3n) is 2.50. The lowest BCUT2D eigenvalue weighted by Gasteiger charge is -2.09. The van der Waals surface area contributed by atoms with E-state index in [1.54, 1.807) is 13.0 Å². The highest BCUT2D eigenvalue weighted by Gasteiger charge is 2.13. The lowest BCUT2D eigenvalue weighted by atomic mass is 10.1. The van der Waals surface area contributed by atoms with Crippen molar-refractivity contribution in [2.45, 2.75) is 13.3 Å². The average Bonchev–Trinajstić information content (AvgIpc) is 2.31. The Balaban J connectivity index is 2.82. The van der Waals surface area contributed by atoms with Crippen LogP contribution in [0.15, 0.2) is 18.2 Å². The van der Waals surface area contributed by atoms with Crippen LogP contribution in [0.25, 0.3) is 0 Å². The molecule has 0 saturated carbocycles. The standard InChI is InChI=1S/C12H17NO5S/c1-9-4-5-10(8-11(9)12(14)15)13-19(16,17)7-3-6-18-2/h4-5,8,13H,3,6-7H2,1-2H3,(H,14,15). The van der Waals surface area contributed by atoms with Crippen molar-refractivity contribution in [3.63, 3.8) is 0 Å². The Morgan fingerprint density at radius 2 is 2.11 bits per heavy atom. The van der Waals surface area contributed by atoms with Crippen LogP contribution in [0, 0.1) is 6.92 Å². The molecule has 1 rings (SSSR count). The Bertz CT molecular complexity index is 553. The smallest absolute Gasteiger partial charge is 0.336 e. The predicted molar refractivity (Wildman–Crippen MR) is 72.0 cm³/mol. The normalized spacial score (nSPS) is 11.3. The highest BCUT2D eigenvalue weighted by molar-refractivity contribution is 7.92. The summed E-state index contributed by atoms with van der Waals surface area (Å²) in [4.78, 5) is 11.0. The van der Waals surface area contributed by atoms with Gasteiger partial charge >= 0.3 is 5.97 Å². The molecule has 0 radical (unpaired) electrons. The first-order valence-corrected chi connectivity index (χ1v) is 7.34. The van der Waals surface area contributed by atoms with Crippen molar-refractivity contribution in [2.75, 3.05) is 24.2 Å². The molecule has 0 heterocycles. The maximum Gasteiger partial charge on any atom is 0.336 e. The SMILES string of the molecule is COCCCS(=O)(=O)Nc1ccc(C)c(C(=O)O)c1. The Morgan fingerprint density at radius 1 is 1.42 bits per heavy atom. The van der Waals surface area contributed by atoms with Gasteiger partial charge in [0.15, 0.2) is 0 Å². The fourth-order valence-corrected chi connectivity index (χ4v) is 2.63. The second-order valence-electron chi connectivity index (χ2n) is 4.10. The van der Waals surface area contributed by atoms with Gasteiger partial charge in [0.1, 0.15) is 0 Å². The Labute approximate surface area is 112 Å². The Kier molecular flexibility index (Phi) is 5.31. The first-order chi connectivity index (χ1) is 8.85. The van der Waals surface area contributed by atoms with Crippen LogP contribution in [0.4, 0.5) is 5.69 Å². The summed E-state index contributed by atoms with van der Waals surface area (Å²) in [5.74, 6) is -1.16. The average molecular weight is 287 g/mol. The molecule has 0 unspecified atom stereocenters. The molecule has 0 aromatic heterocycles. The molecule has 0 aliphatic rings. The number of aromatic carboxylic acids is 1. The van der Waals surface area contributed by atoms with Crippen LogP contribution in [0.3, 0.4) is 0 Å². The minimum Gasteiger partial charge on any atom is -0.478 e. The molecule has 6 nitrogen and oxygen atoms in total. The summed E-state index contributed by atoms with van der Waals surface area (Å²) in [6.07, 6.45) is 0.378. The zero-order chi connectivity index (χ0) is 14.5. The number of ether oxygens (including phenoxy) is 1. The Morgan fingerprint density at radius 3 is 2.68 bits per heavy atom. The number of aryl methyl sites for hydroxylation is 1. The molecule has 0 saturated heterocycles. The molecule has 1 aromatic rings. The summed E-state index contributed by atoms with van der Waals surface area (Å²) in [5.41, 5.74) is 0.910. The zero-order valence-electron chi connectivity index (χ0n) is 10.8. The number of benzene rings is 1. The minimum atomic E-state index is -3.49. The van der Waals surface area contributed by atoms with Gasteiger partial charge in [-0.2, -0.15) is 0 Å². The van der Waals surface area contributed by atoms with E-state index in [1.165, 1.54) is 19.2 Å². The largest absolute Gasteiger partial charge is 0.478 e. The van der Waals surface area contributed by atoms with E-state index in [-0.39, 0.29) is 17.0 Å². The third-order valence-corrected chi connectivity index (χ3v) is 3.88. The number of anilines is 1. The van der Waals surface area contributed by atoms with Crippen LogP contribution in [0.2, 0.25) is 0 Å². The molecule has 0 aliphatic heterocycles. The Hall–Kier alpha value is -1.60. The van der Waals surface area contributed by atoms with Crippen LogP contribution >= 0.6 is 0 Å². The summed E-state index contributed by atoms with van der Waals surface area (Å²) in [6, 6.07) is 4.41. The second-order valence-corrected chi connectivity index (χ2v) is 5.94. The number of nitrogens with one attached hydrogen (secondary N) is 1. The molecule has 0 bridgehead atoms. The number of hydrogen-bond acceptors (Lipinski definition) is 4. The summed E-state index contributed by atoms with van der Waals surface area (Å²) in [5, 5.41) is 8.97. The highest BCUT2D eigenvalue weighted by Crippen LogP contribution is 2.16. The van der Waals surface area contributed by atoms with Crippen LogP contribution in [-0.4, -0.2) is 39.0 Å². The topological polar surface area (TPSA) is 92.7 Å². The van der Waals surface area contributed by atoms with Crippen molar-refractivity contribution in [3.8, 4) is 0 Å². The predicted octanol–water partition coefficient (Wildman–Crippen LogP) is 1.47. The number of methoxy groups -OCH3 is 1. The van der Waals surface area contributed by atoms with Gasteiger partial charge in [0, 0.05) is 19.4 Å². The lowest BCUT2D eigenvalue weighted by Crippen LogP contribution is -2.18. The van der Waals surface area contributed by atoms with Crippen LogP contribution in [0.5, 0.6) is 0 Å². The van der Waals surface area contributed by atoms with E-state index < -0.39 is 16.0 Å². The summed E-state index contributed by atoms with van der Waals surface area (Å²) in [6.45, 7) is 2.01. The van der Waals surface area contributed by atoms with Crippen molar-refractivity contribution >= 4 is 21.7 Å². The van der Waals surface area contributed by atoms with Crippen molar-refractivity contribution < 1.29 is 23.1 Å². The number of rotatable bonds is 7. The number of carbonyl (C=O) groups is 1. The highest BCUT2D eigenvalue weighted by atomic mass is 32.2. The molecule has 7 heteroatoms. The lowest BCUT2D eigenvalue weighted by molar-refractivity contribution is 0.0696. The van der Waals surface area contributed by atoms with Gasteiger partial charge in [-0.1, -0.05) is 6.07 Å². The fourth-order valence-electron chi connectivity index (χ4n) is 1.54. The summed E-state index contributed by atoms with van der Waals surface area (Å²) < 4.78 is 30.6. The molecular weight excluding hydrogens is 270 g/mol. The van der Waals surface area contributed by atoms with Gasteiger partial charge in [-0.3, -0.25) is 4.72 Å². The van der Waals surface area contributed by atoms with E-state index in [0.717, 1.165) is 0 Å². The molecule has 0 aliphatic carbocycles. The van der Waals surface area contributed by atoms with Gasteiger partial charge in [0.25, 0.3) is 0 Å². The third kappa shape index (κ3) is 4.88. The number of sulfonamides is 1. The number of carboxylic acid groups (broad SMARTS) is 1. The van der Waals surface area contributed by atoms with Crippen molar-refractivity contribution in [3.05, 3.63) is 29.3 Å². The fraction of sp³-hybridized carbons (Fsp3) is 0.417. The van der Waals surface area contributed by atoms with E-state index >= 15 is 0 Å². The van der Waals surface area contributed by atoms with Gasteiger partial charge in [-0.25, -0.2) is 13.2 Å². The quantitative estimate of drug-likeness (QED) is 0.741. The monoisotopic (exact) mass is 287 g/mol. The number of carboxylic acids is 1. The van der Waals surface area contributed by atoms with Crippen molar-refractivity contribution in [1.29, 1.82) is 0 Å². The molecule has 0 spiro atoms. The molecule has 0 atom stereocenters. The molecule has 106 valence electrons. The maximum atomic E-state index is 11.7. The van der Waals surface area contributed by atoms with Gasteiger partial charge in [0.2, 0.25) is 10.0 Å². The molecule has 2 N–H and O–H groups in total. The first kappa shape index (κ1) is 15.5. The van der Waals surface area contributed by atoms with Crippen molar-refractivity contribution in [2.24, 2.45) is 0 Å². The van der Waals surface area contributed by atoms with E-state index in [1.807, 2.05) is 0 Å². The first-order valence-electron chi connectivity index (χ1n) is 5.69. The maximum absolute atomic E-state index is 11.7. The van der Waals surface area contributed by atoms with Gasteiger partial charge in [-0.05, 0) is 31.0 Å². The van der Waals surface area contributed by atoms with Crippen LogP contribution < -0.4 is 4.72 Å². The van der Waals surface area contributed by atoms with E-state index in [4.69, 9.17) is 9.84 Å². The molecule has 1 aromatic carbocycles. The summed E-state index contributed by atoms with van der Waals surface area (Å²) >= 11 is 0. The molecule has 0 amide bonds. The molecular formula is C12H17NO5S. The van der Waals surface area contributed by atoms with Crippen LogP contribution in [0.1, 0.15) is 22.3 Å². The van der Waals surface area contributed by atoms with Crippen LogP contribution in [-0.2, 0) is 14.8 Å². The van der Waals surface area contributed by atoms with Crippen molar-refractivity contribution in [1.82, 2.24) is 0 Å². The van der Waals surface area contributed by atoms with E-state index in [9.17, 15) is 13.2 Å². The molecule has 0 fully saturated rings. The van der Waals surface area contributed by atoms with Gasteiger partial charge in [0.05, 0.1) is 11.3 Å². The minimum absolute atomic E-state index is 0.0723. The molecule has 19 heavy (non-hydrogen) atoms. The zero-order valence-corrected chi connectivity index (χ0v) is 11.7.